The van der Waals surface area contributed by atoms with Crippen LogP contribution in [0.5, 0.6) is 0 Å². The van der Waals surface area contributed by atoms with Crippen LogP contribution in [0.25, 0.3) is 6.20 Å². The molecule has 0 amide bonds. The largest absolute Gasteiger partial charge is 0.317 e. The number of rotatable bonds is 3. The van der Waals surface area contributed by atoms with Crippen LogP contribution in [0.2, 0.25) is 0 Å². The average molecular weight is 191 g/mol. The van der Waals surface area contributed by atoms with E-state index >= 15 is 0 Å². The molecule has 3 nitrogen and oxygen atoms in total. The Bertz CT molecular complexity index is 297. The third kappa shape index (κ3) is 2.23. The molecule has 76 valence electrons. The van der Waals surface area contributed by atoms with Crippen molar-refractivity contribution in [3.63, 3.8) is 0 Å². The zero-order valence-electron chi connectivity index (χ0n) is 8.45. The predicted molar refractivity (Wildman–Crippen MR) is 57.9 cm³/mol. The van der Waals surface area contributed by atoms with E-state index in [0.29, 0.717) is 0 Å². The monoisotopic (exact) mass is 191 g/mol. The number of hydrogen-bond donors (Lipinski definition) is 1. The molecular formula is C11H17N3. The molecule has 1 aliphatic heterocycles. The van der Waals surface area contributed by atoms with Gasteiger partial charge < -0.3 is 5.32 Å². The lowest BCUT2D eigenvalue weighted by molar-refractivity contribution is 0.372. The van der Waals surface area contributed by atoms with Gasteiger partial charge >= 0.3 is 0 Å². The molecule has 1 aromatic rings. The molecule has 0 radical (unpaired) electrons. The molecule has 0 atom stereocenters. The van der Waals surface area contributed by atoms with E-state index in [1.807, 2.05) is 6.20 Å². The second-order valence-corrected chi connectivity index (χ2v) is 3.91. The summed E-state index contributed by atoms with van der Waals surface area (Å²) in [5.41, 5.74) is 1.33. The summed E-state index contributed by atoms with van der Waals surface area (Å²) in [6, 6.07) is 0. The first kappa shape index (κ1) is 9.46. The molecule has 1 fully saturated rings. The second-order valence-electron chi connectivity index (χ2n) is 3.91. The smallest absolute Gasteiger partial charge is 0.0526 e. The maximum absolute atomic E-state index is 4.18. The van der Waals surface area contributed by atoms with Crippen LogP contribution in [0.4, 0.5) is 0 Å². The molecule has 1 saturated heterocycles. The quantitative estimate of drug-likeness (QED) is 0.785. The minimum Gasteiger partial charge on any atom is -0.317 e. The first-order valence-electron chi connectivity index (χ1n) is 5.25. The summed E-state index contributed by atoms with van der Waals surface area (Å²) in [6.07, 6.45) is 9.48. The van der Waals surface area contributed by atoms with Gasteiger partial charge in [-0.05, 0) is 43.8 Å². The standard InChI is InChI=1S/C11H17N3/c1-2-14-9-11(8-13-14)7-10-3-5-12-6-4-10/h2,8-10,12H,1,3-7H2. The molecular weight excluding hydrogens is 174 g/mol. The SMILES string of the molecule is C=Cn1cc(CC2CCNCC2)cn1. The maximum Gasteiger partial charge on any atom is 0.0526 e. The first-order chi connectivity index (χ1) is 6.88. The molecule has 2 heterocycles. The molecule has 0 saturated carbocycles. The van der Waals surface area contributed by atoms with E-state index in [-0.39, 0.29) is 0 Å². The first-order valence-corrected chi connectivity index (χ1v) is 5.25. The molecule has 0 unspecified atom stereocenters. The molecule has 1 N–H and O–H groups in total. The van der Waals surface area contributed by atoms with Gasteiger partial charge in [0.2, 0.25) is 0 Å². The van der Waals surface area contributed by atoms with E-state index in [4.69, 9.17) is 0 Å². The summed E-state index contributed by atoms with van der Waals surface area (Å²) in [6.45, 7) is 6.02. The molecule has 3 heteroatoms. The van der Waals surface area contributed by atoms with Crippen LogP contribution in [-0.4, -0.2) is 22.9 Å². The third-order valence-corrected chi connectivity index (χ3v) is 2.83. The summed E-state index contributed by atoms with van der Waals surface area (Å²) in [5.74, 6) is 0.832. The zero-order valence-corrected chi connectivity index (χ0v) is 8.45. The van der Waals surface area contributed by atoms with E-state index in [2.05, 4.69) is 23.2 Å². The van der Waals surface area contributed by atoms with Gasteiger partial charge in [0.15, 0.2) is 0 Å². The Kier molecular flexibility index (Phi) is 2.99. The van der Waals surface area contributed by atoms with Crippen molar-refractivity contribution in [2.45, 2.75) is 19.3 Å². The number of nitrogens with zero attached hydrogens (tertiary/aromatic N) is 2. The minimum absolute atomic E-state index is 0.832. The number of aromatic nitrogens is 2. The Hall–Kier alpha value is -1.09. The van der Waals surface area contributed by atoms with E-state index in [9.17, 15) is 0 Å². The van der Waals surface area contributed by atoms with Crippen molar-refractivity contribution < 1.29 is 0 Å². The maximum atomic E-state index is 4.18. The topological polar surface area (TPSA) is 29.9 Å². The van der Waals surface area contributed by atoms with Gasteiger partial charge in [-0.1, -0.05) is 6.58 Å². The van der Waals surface area contributed by atoms with Gasteiger partial charge in [0.05, 0.1) is 6.20 Å². The van der Waals surface area contributed by atoms with Gasteiger partial charge in [-0.2, -0.15) is 5.10 Å². The summed E-state index contributed by atoms with van der Waals surface area (Å²) < 4.78 is 1.77. The van der Waals surface area contributed by atoms with Gasteiger partial charge in [0, 0.05) is 12.4 Å². The average Bonchev–Trinajstić information content (AvgIpc) is 2.67. The van der Waals surface area contributed by atoms with Crippen LogP contribution >= 0.6 is 0 Å². The Morgan fingerprint density at radius 2 is 2.36 bits per heavy atom. The summed E-state index contributed by atoms with van der Waals surface area (Å²) in [5, 5.41) is 7.56. The molecule has 1 aliphatic rings. The molecule has 0 aromatic carbocycles. The molecule has 1 aromatic heterocycles. The second kappa shape index (κ2) is 4.42. The van der Waals surface area contributed by atoms with Crippen LogP contribution in [0.1, 0.15) is 18.4 Å². The van der Waals surface area contributed by atoms with E-state index in [1.54, 1.807) is 10.9 Å². The van der Waals surface area contributed by atoms with Gasteiger partial charge in [0.25, 0.3) is 0 Å². The van der Waals surface area contributed by atoms with Crippen LogP contribution < -0.4 is 5.32 Å². The highest BCUT2D eigenvalue weighted by atomic mass is 15.2. The zero-order chi connectivity index (χ0) is 9.80. The highest BCUT2D eigenvalue weighted by Crippen LogP contribution is 2.17. The van der Waals surface area contributed by atoms with E-state index in [1.165, 1.54) is 31.5 Å². The van der Waals surface area contributed by atoms with Gasteiger partial charge in [-0.15, -0.1) is 0 Å². The Balaban J connectivity index is 1.92. The summed E-state index contributed by atoms with van der Waals surface area (Å²) in [4.78, 5) is 0. The normalized spacial score (nSPS) is 18.3. The van der Waals surface area contributed by atoms with Crippen molar-refractivity contribution in [1.82, 2.24) is 15.1 Å². The Morgan fingerprint density at radius 1 is 1.57 bits per heavy atom. The predicted octanol–water partition coefficient (Wildman–Crippen LogP) is 1.53. The lowest BCUT2D eigenvalue weighted by Crippen LogP contribution is -2.28. The number of nitrogens with one attached hydrogen (secondary N) is 1. The highest BCUT2D eigenvalue weighted by molar-refractivity contribution is 5.18. The fourth-order valence-corrected chi connectivity index (χ4v) is 2.00. The van der Waals surface area contributed by atoms with Gasteiger partial charge in [0.1, 0.15) is 0 Å². The lowest BCUT2D eigenvalue weighted by atomic mass is 9.92. The molecule has 0 aliphatic carbocycles. The van der Waals surface area contributed by atoms with Crippen LogP contribution in [-0.2, 0) is 6.42 Å². The Morgan fingerprint density at radius 3 is 3.00 bits per heavy atom. The van der Waals surface area contributed by atoms with Gasteiger partial charge in [-0.25, -0.2) is 4.68 Å². The van der Waals surface area contributed by atoms with E-state index < -0.39 is 0 Å². The fraction of sp³-hybridized carbons (Fsp3) is 0.545. The van der Waals surface area contributed by atoms with Crippen molar-refractivity contribution >= 4 is 6.20 Å². The van der Waals surface area contributed by atoms with Crippen LogP contribution in [0.3, 0.4) is 0 Å². The van der Waals surface area contributed by atoms with E-state index in [0.717, 1.165) is 12.3 Å². The Labute approximate surface area is 84.8 Å². The molecule has 2 rings (SSSR count). The van der Waals surface area contributed by atoms with Crippen molar-refractivity contribution in [1.29, 1.82) is 0 Å². The van der Waals surface area contributed by atoms with Gasteiger partial charge in [-0.3, -0.25) is 0 Å². The van der Waals surface area contributed by atoms with Crippen LogP contribution in [0.15, 0.2) is 19.0 Å². The lowest BCUT2D eigenvalue weighted by Gasteiger charge is -2.21. The van der Waals surface area contributed by atoms with Crippen molar-refractivity contribution in [3.8, 4) is 0 Å². The van der Waals surface area contributed by atoms with Crippen molar-refractivity contribution in [2.24, 2.45) is 5.92 Å². The third-order valence-electron chi connectivity index (χ3n) is 2.83. The highest BCUT2D eigenvalue weighted by Gasteiger charge is 2.13. The molecule has 0 spiro atoms. The minimum atomic E-state index is 0.832. The fourth-order valence-electron chi connectivity index (χ4n) is 2.00. The van der Waals surface area contributed by atoms with Crippen molar-refractivity contribution in [3.05, 3.63) is 24.5 Å². The molecule has 14 heavy (non-hydrogen) atoms. The summed E-state index contributed by atoms with van der Waals surface area (Å²) in [7, 11) is 0. The molecule has 0 bridgehead atoms. The van der Waals surface area contributed by atoms with Crippen LogP contribution in [0, 0.1) is 5.92 Å². The van der Waals surface area contributed by atoms with Crippen molar-refractivity contribution in [2.75, 3.05) is 13.1 Å². The number of hydrogen-bond acceptors (Lipinski definition) is 2. The summed E-state index contributed by atoms with van der Waals surface area (Å²) >= 11 is 0. The number of piperidine rings is 1.